The van der Waals surface area contributed by atoms with E-state index in [9.17, 15) is 31.9 Å². The zero-order valence-corrected chi connectivity index (χ0v) is 15.9. The Balaban J connectivity index is 1.76. The molecule has 0 saturated carbocycles. The molecule has 0 aliphatic carbocycles. The molecule has 3 N–H and O–H groups in total. The summed E-state index contributed by atoms with van der Waals surface area (Å²) in [5.74, 6) is -2.19. The van der Waals surface area contributed by atoms with E-state index >= 15 is 0 Å². The second-order valence-electron chi connectivity index (χ2n) is 6.97. The number of hydrogen-bond donors (Lipinski definition) is 3. The van der Waals surface area contributed by atoms with Crippen molar-refractivity contribution in [3.05, 3.63) is 41.2 Å². The van der Waals surface area contributed by atoms with Gasteiger partial charge in [0.15, 0.2) is 17.9 Å². The highest BCUT2D eigenvalue weighted by Gasteiger charge is 2.39. The molecular weight excluding hydrogens is 415 g/mol. The fraction of sp³-hybridized carbons (Fsp3) is 0.471. The van der Waals surface area contributed by atoms with E-state index in [2.05, 4.69) is 15.6 Å². The van der Waals surface area contributed by atoms with Gasteiger partial charge in [-0.25, -0.2) is 18.3 Å². The van der Waals surface area contributed by atoms with Gasteiger partial charge in [-0.2, -0.15) is 13.2 Å². The minimum Gasteiger partial charge on any atom is -0.372 e. The number of halogens is 5. The van der Waals surface area contributed by atoms with Crippen LogP contribution < -0.4 is 10.6 Å². The van der Waals surface area contributed by atoms with Crippen LogP contribution in [0.15, 0.2) is 18.2 Å². The summed E-state index contributed by atoms with van der Waals surface area (Å²) in [7, 11) is 0. The van der Waals surface area contributed by atoms with Crippen LogP contribution >= 0.6 is 0 Å². The Bertz CT molecular complexity index is 934. The van der Waals surface area contributed by atoms with Gasteiger partial charge in [0.25, 0.3) is 0 Å². The molecule has 30 heavy (non-hydrogen) atoms. The molecule has 3 atom stereocenters. The van der Waals surface area contributed by atoms with Gasteiger partial charge in [0, 0.05) is 11.8 Å². The molecule has 0 saturated heterocycles. The molecule has 1 unspecified atom stereocenters. The van der Waals surface area contributed by atoms with Crippen LogP contribution in [0.3, 0.4) is 0 Å². The number of benzene rings is 1. The molecule has 0 radical (unpaired) electrons. The zero-order valence-electron chi connectivity index (χ0n) is 15.9. The van der Waals surface area contributed by atoms with Crippen LogP contribution in [0, 0.1) is 11.6 Å². The molecule has 1 aliphatic heterocycles. The lowest BCUT2D eigenvalue weighted by molar-refractivity contribution is -0.159. The predicted octanol–water partition coefficient (Wildman–Crippen LogP) is 2.52. The van der Waals surface area contributed by atoms with Crippen LogP contribution in [0.4, 0.5) is 32.4 Å². The van der Waals surface area contributed by atoms with Gasteiger partial charge in [0.2, 0.25) is 0 Å². The Labute approximate surface area is 167 Å². The largest absolute Gasteiger partial charge is 0.403 e. The van der Waals surface area contributed by atoms with Crippen molar-refractivity contribution in [3.63, 3.8) is 0 Å². The smallest absolute Gasteiger partial charge is 0.372 e. The van der Waals surface area contributed by atoms with Crippen LogP contribution in [0.25, 0.3) is 0 Å². The number of aromatic nitrogens is 3. The number of amides is 2. The number of alkyl halides is 3. The number of urea groups is 1. The Morgan fingerprint density at radius 2 is 2.00 bits per heavy atom. The second-order valence-corrected chi connectivity index (χ2v) is 6.97. The Hall–Kier alpha value is -2.80. The first kappa shape index (κ1) is 21.9. The van der Waals surface area contributed by atoms with Gasteiger partial charge in [-0.3, -0.25) is 5.32 Å². The van der Waals surface area contributed by atoms with E-state index in [1.807, 2.05) is 5.32 Å². The highest BCUT2D eigenvalue weighted by molar-refractivity contribution is 5.89. The molecule has 164 valence electrons. The number of rotatable bonds is 4. The molecule has 13 heteroatoms. The third kappa shape index (κ3) is 4.51. The molecule has 1 aromatic heterocycles. The highest BCUT2D eigenvalue weighted by atomic mass is 19.4. The molecule has 8 nitrogen and oxygen atoms in total. The van der Waals surface area contributed by atoms with Crippen molar-refractivity contribution in [1.82, 2.24) is 25.2 Å². The van der Waals surface area contributed by atoms with Crippen molar-refractivity contribution in [2.24, 2.45) is 0 Å². The Morgan fingerprint density at radius 3 is 2.63 bits per heavy atom. The van der Waals surface area contributed by atoms with E-state index in [1.54, 1.807) is 6.92 Å². The summed E-state index contributed by atoms with van der Waals surface area (Å²) >= 11 is 0. The first-order valence-corrected chi connectivity index (χ1v) is 8.93. The van der Waals surface area contributed by atoms with Crippen LogP contribution in [0.5, 0.6) is 0 Å². The average Bonchev–Trinajstić information content (AvgIpc) is 3.05. The summed E-state index contributed by atoms with van der Waals surface area (Å²) in [6.45, 7) is 2.62. The third-order valence-electron chi connectivity index (χ3n) is 4.75. The molecular formula is C17H19F5N6O2. The number of anilines is 1. The van der Waals surface area contributed by atoms with E-state index in [4.69, 9.17) is 0 Å². The van der Waals surface area contributed by atoms with E-state index in [-0.39, 0.29) is 30.2 Å². The standard InChI is InChI=1S/C17H19F5N6O2/c1-8-6-28-13(14(25-26-28)15(29)23-9(2)17(20,21)22)7-27(8)16(30)24-10-3-4-11(18)12(19)5-10/h3-5,8-9,15,23,29H,6-7H2,1-2H3,(H,24,30)/t8-,9-,15?/m0/s1. The monoisotopic (exact) mass is 434 g/mol. The number of aliphatic hydroxyl groups is 1. The third-order valence-corrected chi connectivity index (χ3v) is 4.75. The summed E-state index contributed by atoms with van der Waals surface area (Å²) in [5.41, 5.74) is 0.149. The number of hydrogen-bond acceptors (Lipinski definition) is 5. The van der Waals surface area contributed by atoms with Crippen LogP contribution in [0.1, 0.15) is 31.5 Å². The fourth-order valence-corrected chi connectivity index (χ4v) is 2.99. The van der Waals surface area contributed by atoms with Crippen molar-refractivity contribution in [2.45, 2.75) is 51.4 Å². The van der Waals surface area contributed by atoms with Gasteiger partial charge in [0.05, 0.1) is 24.8 Å². The molecule has 1 aromatic carbocycles. The topological polar surface area (TPSA) is 95.3 Å². The van der Waals surface area contributed by atoms with Gasteiger partial charge >= 0.3 is 12.2 Å². The summed E-state index contributed by atoms with van der Waals surface area (Å²) in [5, 5.41) is 22.2. The maximum absolute atomic E-state index is 13.4. The van der Waals surface area contributed by atoms with Crippen LogP contribution in [0.2, 0.25) is 0 Å². The molecule has 1 aliphatic rings. The van der Waals surface area contributed by atoms with Crippen molar-refractivity contribution < 1.29 is 31.9 Å². The van der Waals surface area contributed by atoms with Crippen molar-refractivity contribution in [3.8, 4) is 0 Å². The maximum atomic E-state index is 13.4. The minimum absolute atomic E-state index is 0.0317. The average molecular weight is 434 g/mol. The van der Waals surface area contributed by atoms with Crippen molar-refractivity contribution in [2.75, 3.05) is 5.32 Å². The van der Waals surface area contributed by atoms with E-state index < -0.39 is 42.2 Å². The van der Waals surface area contributed by atoms with Crippen LogP contribution in [-0.4, -0.2) is 49.3 Å². The summed E-state index contributed by atoms with van der Waals surface area (Å²) in [6, 6.07) is -0.153. The molecule has 3 rings (SSSR count). The lowest BCUT2D eigenvalue weighted by Gasteiger charge is -2.34. The summed E-state index contributed by atoms with van der Waals surface area (Å²) in [4.78, 5) is 13.9. The molecule has 0 fully saturated rings. The lowest BCUT2D eigenvalue weighted by Crippen LogP contribution is -2.47. The quantitative estimate of drug-likeness (QED) is 0.508. The summed E-state index contributed by atoms with van der Waals surface area (Å²) < 4.78 is 66.0. The maximum Gasteiger partial charge on any atom is 0.403 e. The van der Waals surface area contributed by atoms with Gasteiger partial charge in [-0.05, 0) is 26.0 Å². The van der Waals surface area contributed by atoms with Gasteiger partial charge in [-0.15, -0.1) is 5.10 Å². The Morgan fingerprint density at radius 1 is 1.30 bits per heavy atom. The first-order chi connectivity index (χ1) is 14.0. The number of nitrogens with zero attached hydrogens (tertiary/aromatic N) is 4. The minimum atomic E-state index is -4.57. The number of carbonyl (C=O) groups excluding carboxylic acids is 1. The zero-order chi connectivity index (χ0) is 22.2. The van der Waals surface area contributed by atoms with Gasteiger partial charge in [-0.1, -0.05) is 5.21 Å². The van der Waals surface area contributed by atoms with Crippen LogP contribution in [-0.2, 0) is 13.1 Å². The number of nitrogens with one attached hydrogen (secondary N) is 2. The van der Waals surface area contributed by atoms with Crippen molar-refractivity contribution in [1.29, 1.82) is 0 Å². The second kappa shape index (κ2) is 8.14. The fourth-order valence-electron chi connectivity index (χ4n) is 2.99. The first-order valence-electron chi connectivity index (χ1n) is 8.93. The normalized spacial score (nSPS) is 18.7. The number of aliphatic hydroxyl groups excluding tert-OH is 1. The lowest BCUT2D eigenvalue weighted by atomic mass is 10.1. The number of carbonyl (C=O) groups is 1. The molecule has 0 spiro atoms. The number of fused-ring (bicyclic) bond motifs is 1. The SMILES string of the molecule is C[C@H](NC(O)c1nnn2c1CN(C(=O)Nc1ccc(F)c(F)c1)[C@@H](C)C2)C(F)(F)F. The Kier molecular flexibility index (Phi) is 5.94. The van der Waals surface area contributed by atoms with E-state index in [1.165, 1.54) is 15.6 Å². The predicted molar refractivity (Wildman–Crippen MR) is 94.0 cm³/mol. The molecule has 2 aromatic rings. The molecule has 2 amide bonds. The van der Waals surface area contributed by atoms with Crippen molar-refractivity contribution >= 4 is 11.7 Å². The summed E-state index contributed by atoms with van der Waals surface area (Å²) in [6.07, 6.45) is -6.33. The highest BCUT2D eigenvalue weighted by Crippen LogP contribution is 2.26. The van der Waals surface area contributed by atoms with E-state index in [0.717, 1.165) is 19.1 Å². The molecule has 0 bridgehead atoms. The van der Waals surface area contributed by atoms with E-state index in [0.29, 0.717) is 0 Å². The molecule has 2 heterocycles. The van der Waals surface area contributed by atoms with Gasteiger partial charge < -0.3 is 15.3 Å². The van der Waals surface area contributed by atoms with Gasteiger partial charge in [0.1, 0.15) is 11.7 Å².